The minimum atomic E-state index is -0.862. The number of ether oxygens (including phenoxy) is 1. The molecule has 0 bridgehead atoms. The molecule has 4 rings (SSSR count). The fourth-order valence-electron chi connectivity index (χ4n) is 4.39. The summed E-state index contributed by atoms with van der Waals surface area (Å²) in [5.41, 5.74) is 7.10. The Morgan fingerprint density at radius 1 is 1.25 bits per heavy atom. The average Bonchev–Trinajstić information content (AvgIpc) is 3.43. The van der Waals surface area contributed by atoms with Crippen LogP contribution in [0.3, 0.4) is 0 Å². The van der Waals surface area contributed by atoms with Crippen LogP contribution in [0.25, 0.3) is 22.0 Å². The van der Waals surface area contributed by atoms with Crippen LogP contribution in [-0.2, 0) is 9.53 Å². The van der Waals surface area contributed by atoms with Gasteiger partial charge in [0.15, 0.2) is 0 Å². The normalized spacial score (nSPS) is 17.1. The molecule has 8 heteroatoms. The number of carbonyl (C=O) groups excluding carboxylic acids is 2. The zero-order valence-electron chi connectivity index (χ0n) is 18.2. The van der Waals surface area contributed by atoms with Crippen molar-refractivity contribution in [3.05, 3.63) is 52.9 Å². The quantitative estimate of drug-likeness (QED) is 0.497. The Labute approximate surface area is 195 Å². The van der Waals surface area contributed by atoms with Crippen molar-refractivity contribution < 1.29 is 14.3 Å². The predicted octanol–water partition coefficient (Wildman–Crippen LogP) is 5.02. The lowest BCUT2D eigenvalue weighted by Gasteiger charge is -2.29. The summed E-state index contributed by atoms with van der Waals surface area (Å²) in [6.45, 7) is 4.53. The first kappa shape index (κ1) is 22.3. The summed E-state index contributed by atoms with van der Waals surface area (Å²) in [6.07, 6.45) is 2.71. The Hall–Kier alpha value is -2.87. The highest BCUT2D eigenvalue weighted by Crippen LogP contribution is 2.36. The minimum absolute atomic E-state index is 0.0106. The Morgan fingerprint density at radius 2 is 2.00 bits per heavy atom. The van der Waals surface area contributed by atoms with Gasteiger partial charge in [-0.15, -0.1) is 0 Å². The lowest BCUT2D eigenvalue weighted by molar-refractivity contribution is -0.139. The summed E-state index contributed by atoms with van der Waals surface area (Å²) in [7, 11) is 0. The van der Waals surface area contributed by atoms with Crippen LogP contribution in [0.2, 0.25) is 0 Å². The highest BCUT2D eigenvalue weighted by molar-refractivity contribution is 9.10. The van der Waals surface area contributed by atoms with Gasteiger partial charge in [-0.2, -0.15) is 0 Å². The second-order valence-corrected chi connectivity index (χ2v) is 9.35. The number of hydrogen-bond donors (Lipinski definition) is 2. The van der Waals surface area contributed by atoms with Crippen LogP contribution in [0.15, 0.2) is 47.1 Å². The van der Waals surface area contributed by atoms with Crippen molar-refractivity contribution >= 4 is 38.7 Å². The van der Waals surface area contributed by atoms with E-state index in [0.717, 1.165) is 45.2 Å². The lowest BCUT2D eigenvalue weighted by atomic mass is 9.95. The molecule has 1 aliphatic rings. The van der Waals surface area contributed by atoms with E-state index in [1.54, 1.807) is 0 Å². The number of rotatable bonds is 6. The highest BCUT2D eigenvalue weighted by Gasteiger charge is 2.37. The Balaban J connectivity index is 1.61. The molecule has 2 aromatic carbocycles. The molecule has 2 amide bonds. The molecule has 1 aliphatic heterocycles. The van der Waals surface area contributed by atoms with Crippen molar-refractivity contribution in [1.29, 1.82) is 0 Å². The summed E-state index contributed by atoms with van der Waals surface area (Å²) >= 11 is 3.62. The van der Waals surface area contributed by atoms with Crippen molar-refractivity contribution in [3.63, 3.8) is 0 Å². The summed E-state index contributed by atoms with van der Waals surface area (Å²) in [5, 5.41) is 2.26. The highest BCUT2D eigenvalue weighted by atomic mass is 79.9. The first-order chi connectivity index (χ1) is 15.4. The molecule has 0 saturated carbocycles. The van der Waals surface area contributed by atoms with Gasteiger partial charge in [-0.25, -0.2) is 9.78 Å². The van der Waals surface area contributed by atoms with Crippen molar-refractivity contribution in [2.75, 3.05) is 13.2 Å². The number of aromatic nitrogens is 2. The third kappa shape index (κ3) is 4.37. The third-order valence-corrected chi connectivity index (χ3v) is 6.83. The predicted molar refractivity (Wildman–Crippen MR) is 127 cm³/mol. The first-order valence-corrected chi connectivity index (χ1v) is 11.6. The van der Waals surface area contributed by atoms with E-state index < -0.39 is 12.0 Å². The van der Waals surface area contributed by atoms with E-state index >= 15 is 0 Å². The topological polar surface area (TPSA) is 101 Å². The van der Waals surface area contributed by atoms with Crippen LogP contribution in [0.1, 0.15) is 38.6 Å². The fourth-order valence-corrected chi connectivity index (χ4v) is 4.87. The number of amides is 2. The van der Waals surface area contributed by atoms with Gasteiger partial charge in [0.2, 0.25) is 5.91 Å². The van der Waals surface area contributed by atoms with Crippen LogP contribution in [0.4, 0.5) is 4.79 Å². The van der Waals surface area contributed by atoms with Crippen LogP contribution in [0, 0.1) is 11.8 Å². The van der Waals surface area contributed by atoms with Crippen molar-refractivity contribution in [2.24, 2.45) is 17.6 Å². The number of benzene rings is 2. The first-order valence-electron chi connectivity index (χ1n) is 10.8. The molecule has 0 spiro atoms. The second kappa shape index (κ2) is 9.32. The monoisotopic (exact) mass is 498 g/mol. The number of carbonyl (C=O) groups is 2. The Morgan fingerprint density at radius 3 is 2.72 bits per heavy atom. The average molecular weight is 499 g/mol. The fraction of sp³-hybridized carbons (Fsp3) is 0.375. The summed E-state index contributed by atoms with van der Waals surface area (Å²) < 4.78 is 6.01. The molecule has 1 saturated heterocycles. The van der Waals surface area contributed by atoms with Crippen molar-refractivity contribution in [3.8, 4) is 11.3 Å². The molecular formula is C24H27BrN4O3. The summed E-state index contributed by atoms with van der Waals surface area (Å²) in [4.78, 5) is 34.4. The maximum absolute atomic E-state index is 13.3. The number of hydrogen-bond acceptors (Lipinski definition) is 4. The molecule has 32 heavy (non-hydrogen) atoms. The molecule has 3 aromatic rings. The number of aromatic amines is 1. The number of primary amides is 1. The number of halogens is 1. The minimum Gasteiger partial charge on any atom is -0.449 e. The second-order valence-electron chi connectivity index (χ2n) is 8.49. The third-order valence-electron chi connectivity index (χ3n) is 6.14. The van der Waals surface area contributed by atoms with Gasteiger partial charge in [0.1, 0.15) is 12.4 Å². The van der Waals surface area contributed by atoms with Crippen LogP contribution in [0.5, 0.6) is 0 Å². The van der Waals surface area contributed by atoms with Gasteiger partial charge < -0.3 is 20.4 Å². The van der Waals surface area contributed by atoms with E-state index in [1.807, 2.05) is 43.1 Å². The van der Waals surface area contributed by atoms with Crippen LogP contribution < -0.4 is 5.73 Å². The maximum Gasteiger partial charge on any atom is 0.404 e. The van der Waals surface area contributed by atoms with E-state index in [4.69, 9.17) is 10.5 Å². The van der Waals surface area contributed by atoms with E-state index in [2.05, 4.69) is 44.1 Å². The number of imidazole rings is 1. The number of fused-ring (bicyclic) bond motifs is 1. The maximum atomic E-state index is 13.3. The zero-order chi connectivity index (χ0) is 22.8. The molecule has 2 unspecified atom stereocenters. The van der Waals surface area contributed by atoms with E-state index in [0.29, 0.717) is 6.54 Å². The molecule has 1 fully saturated rings. The molecule has 1 aromatic heterocycles. The Bertz CT molecular complexity index is 1140. The lowest BCUT2D eigenvalue weighted by Crippen LogP contribution is -2.40. The molecular weight excluding hydrogens is 472 g/mol. The van der Waals surface area contributed by atoms with Gasteiger partial charge >= 0.3 is 6.09 Å². The summed E-state index contributed by atoms with van der Waals surface area (Å²) in [5.74, 6) is 0.323. The number of H-pyrrole nitrogens is 1. The smallest absolute Gasteiger partial charge is 0.404 e. The van der Waals surface area contributed by atoms with Gasteiger partial charge in [0, 0.05) is 16.6 Å². The largest absolute Gasteiger partial charge is 0.449 e. The number of likely N-dealkylation sites (tertiary alicyclic amines) is 1. The van der Waals surface area contributed by atoms with E-state index in [-0.39, 0.29) is 24.5 Å². The van der Waals surface area contributed by atoms with Gasteiger partial charge in [-0.05, 0) is 35.6 Å². The van der Waals surface area contributed by atoms with Gasteiger partial charge in [0.25, 0.3) is 0 Å². The Kier molecular flexibility index (Phi) is 6.50. The van der Waals surface area contributed by atoms with Crippen molar-refractivity contribution in [2.45, 2.75) is 32.7 Å². The molecule has 0 aliphatic carbocycles. The number of nitrogens with one attached hydrogen (secondary N) is 1. The van der Waals surface area contributed by atoms with Gasteiger partial charge in [0.05, 0.1) is 23.9 Å². The summed E-state index contributed by atoms with van der Waals surface area (Å²) in [6, 6.07) is 12.2. The number of nitrogens with two attached hydrogens (primary N) is 1. The van der Waals surface area contributed by atoms with E-state index in [1.165, 1.54) is 0 Å². The molecule has 7 nitrogen and oxygen atoms in total. The zero-order valence-corrected chi connectivity index (χ0v) is 19.8. The van der Waals surface area contributed by atoms with Crippen LogP contribution >= 0.6 is 15.9 Å². The number of nitrogens with zero attached hydrogens (tertiary/aromatic N) is 2. The SMILES string of the molecule is CC(C)C(COC(N)=O)C(=O)N1CCCC1c1ncc(-c2ccc(Br)c3ccccc23)[nH]1. The molecule has 2 heterocycles. The molecule has 3 N–H and O–H groups in total. The van der Waals surface area contributed by atoms with Gasteiger partial charge in [-0.1, -0.05) is 60.1 Å². The molecule has 0 radical (unpaired) electrons. The van der Waals surface area contributed by atoms with E-state index in [9.17, 15) is 9.59 Å². The standard InChI is InChI=1S/C24H27BrN4O3/c1-14(2)18(13-32-24(26)31)23(30)29-11-5-8-21(29)22-27-12-20(28-22)17-9-10-19(25)16-7-4-3-6-15(16)17/h3-4,6-7,9-10,12,14,18,21H,5,8,11,13H2,1-2H3,(H2,26,31)(H,27,28). The van der Waals surface area contributed by atoms with Gasteiger partial charge in [-0.3, -0.25) is 4.79 Å². The molecule has 2 atom stereocenters. The van der Waals surface area contributed by atoms with Crippen molar-refractivity contribution in [1.82, 2.24) is 14.9 Å². The van der Waals surface area contributed by atoms with Crippen LogP contribution in [-0.4, -0.2) is 40.0 Å². The molecule has 168 valence electrons.